The number of carbonyl (C=O) groups is 2. The van der Waals surface area contributed by atoms with Crippen LogP contribution in [0.3, 0.4) is 0 Å². The molecular formula is C9H14F3NO4. The van der Waals surface area contributed by atoms with Gasteiger partial charge in [-0.3, -0.25) is 4.79 Å². The molecule has 1 atom stereocenters. The molecule has 0 aliphatic carbocycles. The highest BCUT2D eigenvalue weighted by Gasteiger charge is 2.38. The molecule has 0 bridgehead atoms. The Balaban J connectivity index is 0.000000325. The molecule has 8 heteroatoms. The number of halogens is 3. The fourth-order valence-electron chi connectivity index (χ4n) is 1.24. The van der Waals surface area contributed by atoms with Crippen molar-refractivity contribution < 1.29 is 33.0 Å². The summed E-state index contributed by atoms with van der Waals surface area (Å²) in [4.78, 5) is 19.5. The summed E-state index contributed by atoms with van der Waals surface area (Å²) in [5.74, 6) is -3.44. The van der Waals surface area contributed by atoms with Gasteiger partial charge in [-0.1, -0.05) is 0 Å². The normalized spacial score (nSPS) is 24.5. The first-order valence-electron chi connectivity index (χ1n) is 4.84. The van der Waals surface area contributed by atoms with Crippen molar-refractivity contribution in [1.29, 1.82) is 0 Å². The second-order valence-corrected chi connectivity index (χ2v) is 3.95. The van der Waals surface area contributed by atoms with E-state index in [9.17, 15) is 18.0 Å². The minimum Gasteiger partial charge on any atom is -0.481 e. The van der Waals surface area contributed by atoms with Crippen LogP contribution in [0.2, 0.25) is 0 Å². The molecule has 1 heterocycles. The monoisotopic (exact) mass is 257 g/mol. The molecule has 1 saturated heterocycles. The van der Waals surface area contributed by atoms with Crippen LogP contribution in [0.1, 0.15) is 19.8 Å². The zero-order valence-corrected chi connectivity index (χ0v) is 9.17. The highest BCUT2D eigenvalue weighted by atomic mass is 19.4. The minimum atomic E-state index is -5.08. The van der Waals surface area contributed by atoms with Crippen molar-refractivity contribution in [3.63, 3.8) is 0 Å². The molecule has 0 aromatic carbocycles. The van der Waals surface area contributed by atoms with Crippen LogP contribution in [0.4, 0.5) is 13.2 Å². The summed E-state index contributed by atoms with van der Waals surface area (Å²) in [7, 11) is 0. The zero-order valence-electron chi connectivity index (χ0n) is 9.17. The van der Waals surface area contributed by atoms with Crippen molar-refractivity contribution in [2.75, 3.05) is 13.1 Å². The maximum Gasteiger partial charge on any atom is 0.490 e. The Morgan fingerprint density at radius 2 is 1.76 bits per heavy atom. The Morgan fingerprint density at radius 3 is 1.94 bits per heavy atom. The smallest absolute Gasteiger partial charge is 0.481 e. The number of hydrogen-bond acceptors (Lipinski definition) is 3. The molecule has 5 nitrogen and oxygen atoms in total. The highest BCUT2D eigenvalue weighted by molar-refractivity contribution is 5.74. The van der Waals surface area contributed by atoms with E-state index in [1.807, 2.05) is 0 Å². The predicted octanol–water partition coefficient (Wildman–Crippen LogP) is 1.09. The molecule has 100 valence electrons. The topological polar surface area (TPSA) is 86.6 Å². The average molecular weight is 257 g/mol. The summed E-state index contributed by atoms with van der Waals surface area (Å²) in [5, 5.41) is 19.0. The Hall–Kier alpha value is -1.31. The third-order valence-electron chi connectivity index (χ3n) is 2.36. The predicted molar refractivity (Wildman–Crippen MR) is 51.5 cm³/mol. The molecule has 1 aliphatic heterocycles. The van der Waals surface area contributed by atoms with Crippen molar-refractivity contribution in [2.45, 2.75) is 25.9 Å². The van der Waals surface area contributed by atoms with Gasteiger partial charge in [0.2, 0.25) is 0 Å². The van der Waals surface area contributed by atoms with Crippen LogP contribution >= 0.6 is 0 Å². The largest absolute Gasteiger partial charge is 0.490 e. The van der Waals surface area contributed by atoms with E-state index >= 15 is 0 Å². The van der Waals surface area contributed by atoms with Gasteiger partial charge in [-0.15, -0.1) is 0 Å². The number of carboxylic acid groups (broad SMARTS) is 2. The maximum atomic E-state index is 10.6. The molecule has 1 unspecified atom stereocenters. The number of carboxylic acids is 2. The molecular weight excluding hydrogens is 243 g/mol. The first-order valence-corrected chi connectivity index (χ1v) is 4.84. The van der Waals surface area contributed by atoms with E-state index in [1.54, 1.807) is 6.92 Å². The quantitative estimate of drug-likeness (QED) is 0.654. The van der Waals surface area contributed by atoms with Crippen LogP contribution < -0.4 is 5.32 Å². The van der Waals surface area contributed by atoms with Gasteiger partial charge in [0.05, 0.1) is 5.41 Å². The zero-order chi connectivity index (χ0) is 13.7. The Bertz CT molecular complexity index is 284. The van der Waals surface area contributed by atoms with Crippen molar-refractivity contribution in [3.8, 4) is 0 Å². The fourth-order valence-corrected chi connectivity index (χ4v) is 1.24. The van der Waals surface area contributed by atoms with Crippen LogP contribution in [0, 0.1) is 5.41 Å². The van der Waals surface area contributed by atoms with Crippen LogP contribution in [-0.4, -0.2) is 41.4 Å². The molecule has 1 fully saturated rings. The summed E-state index contributed by atoms with van der Waals surface area (Å²) in [6, 6.07) is 0. The fraction of sp³-hybridized carbons (Fsp3) is 0.778. The molecule has 0 aromatic rings. The standard InChI is InChI=1S/C7H13NO2.C2HF3O2/c1-7(6(9)10)3-2-4-8-5-7;3-2(4,5)1(6)7/h8H,2-5H2,1H3,(H,9,10);(H,6,7). The van der Waals surface area contributed by atoms with E-state index in [4.69, 9.17) is 15.0 Å². The van der Waals surface area contributed by atoms with Crippen molar-refractivity contribution >= 4 is 11.9 Å². The van der Waals surface area contributed by atoms with Gasteiger partial charge in [-0.05, 0) is 26.3 Å². The second-order valence-electron chi connectivity index (χ2n) is 3.95. The van der Waals surface area contributed by atoms with Crippen molar-refractivity contribution in [3.05, 3.63) is 0 Å². The van der Waals surface area contributed by atoms with Crippen LogP contribution in [0.25, 0.3) is 0 Å². The van der Waals surface area contributed by atoms with E-state index in [-0.39, 0.29) is 0 Å². The summed E-state index contributed by atoms with van der Waals surface area (Å²) in [6.45, 7) is 3.37. The van der Waals surface area contributed by atoms with Crippen LogP contribution in [-0.2, 0) is 9.59 Å². The Kier molecular flexibility index (Phi) is 5.40. The van der Waals surface area contributed by atoms with E-state index in [0.29, 0.717) is 6.54 Å². The van der Waals surface area contributed by atoms with Gasteiger partial charge in [-0.25, -0.2) is 4.79 Å². The number of rotatable bonds is 1. The van der Waals surface area contributed by atoms with Gasteiger partial charge in [0.15, 0.2) is 0 Å². The lowest BCUT2D eigenvalue weighted by Gasteiger charge is -2.29. The lowest BCUT2D eigenvalue weighted by molar-refractivity contribution is -0.192. The van der Waals surface area contributed by atoms with Crippen molar-refractivity contribution in [2.24, 2.45) is 5.41 Å². The molecule has 0 spiro atoms. The highest BCUT2D eigenvalue weighted by Crippen LogP contribution is 2.24. The molecule has 0 radical (unpaired) electrons. The molecule has 3 N–H and O–H groups in total. The third-order valence-corrected chi connectivity index (χ3v) is 2.36. The number of piperidine rings is 1. The number of nitrogens with one attached hydrogen (secondary N) is 1. The molecule has 17 heavy (non-hydrogen) atoms. The van der Waals surface area contributed by atoms with Gasteiger partial charge < -0.3 is 15.5 Å². The average Bonchev–Trinajstić information content (AvgIpc) is 2.18. The molecule has 0 saturated carbocycles. The first kappa shape index (κ1) is 15.7. The summed E-state index contributed by atoms with van der Waals surface area (Å²) in [6.07, 6.45) is -3.31. The summed E-state index contributed by atoms with van der Waals surface area (Å²) in [5.41, 5.74) is -0.516. The van der Waals surface area contributed by atoms with Gasteiger partial charge in [0.25, 0.3) is 0 Å². The lowest BCUT2D eigenvalue weighted by Crippen LogP contribution is -2.43. The van der Waals surface area contributed by atoms with Gasteiger partial charge in [0, 0.05) is 6.54 Å². The van der Waals surface area contributed by atoms with Gasteiger partial charge in [-0.2, -0.15) is 13.2 Å². The Morgan fingerprint density at radius 1 is 1.29 bits per heavy atom. The van der Waals surface area contributed by atoms with E-state index in [0.717, 1.165) is 19.4 Å². The van der Waals surface area contributed by atoms with Crippen LogP contribution in [0.5, 0.6) is 0 Å². The first-order chi connectivity index (χ1) is 7.59. The molecule has 1 aliphatic rings. The summed E-state index contributed by atoms with van der Waals surface area (Å²) < 4.78 is 31.7. The second kappa shape index (κ2) is 5.85. The number of aliphatic carboxylic acids is 2. The summed E-state index contributed by atoms with van der Waals surface area (Å²) >= 11 is 0. The SMILES string of the molecule is CC1(C(=O)O)CCCNC1.O=C(O)C(F)(F)F. The molecule has 0 amide bonds. The van der Waals surface area contributed by atoms with E-state index < -0.39 is 23.5 Å². The lowest BCUT2D eigenvalue weighted by atomic mass is 9.83. The number of alkyl halides is 3. The van der Waals surface area contributed by atoms with Gasteiger partial charge in [0.1, 0.15) is 0 Å². The minimum absolute atomic E-state index is 0.516. The number of hydrogen-bond donors (Lipinski definition) is 3. The van der Waals surface area contributed by atoms with Gasteiger partial charge >= 0.3 is 18.1 Å². The Labute approximate surface area is 95.6 Å². The van der Waals surface area contributed by atoms with E-state index in [1.165, 1.54) is 0 Å². The third kappa shape index (κ3) is 5.53. The maximum absolute atomic E-state index is 10.6. The molecule has 0 aromatic heterocycles. The van der Waals surface area contributed by atoms with E-state index in [2.05, 4.69) is 5.32 Å². The van der Waals surface area contributed by atoms with Crippen molar-refractivity contribution in [1.82, 2.24) is 5.32 Å². The van der Waals surface area contributed by atoms with Crippen LogP contribution in [0.15, 0.2) is 0 Å². The molecule has 1 rings (SSSR count).